The molecule has 1 N–H and O–H groups in total. The summed E-state index contributed by atoms with van der Waals surface area (Å²) in [5.41, 5.74) is 2.46. The first-order valence-electron chi connectivity index (χ1n) is 7.29. The maximum Gasteiger partial charge on any atom is 0.417 e. The van der Waals surface area contributed by atoms with Crippen LogP contribution < -0.4 is 10.1 Å². The fourth-order valence-corrected chi connectivity index (χ4v) is 4.52. The quantitative estimate of drug-likeness (QED) is 0.781. The molecule has 7 heteroatoms. The van der Waals surface area contributed by atoms with E-state index in [1.807, 2.05) is 24.3 Å². The molecule has 0 atom stereocenters. The Balaban J connectivity index is 1.85. The van der Waals surface area contributed by atoms with Gasteiger partial charge in [-0.3, -0.25) is 9.29 Å². The molecule has 0 amide bonds. The topological polar surface area (TPSA) is 83.4 Å². The van der Waals surface area contributed by atoms with E-state index in [4.69, 9.17) is 4.42 Å². The molecular weight excluding hydrogens is 316 g/mol. The molecule has 0 bridgehead atoms. The van der Waals surface area contributed by atoms with Crippen LogP contribution in [-0.4, -0.2) is 19.9 Å². The van der Waals surface area contributed by atoms with Crippen LogP contribution in [0.25, 0.3) is 11.1 Å². The van der Waals surface area contributed by atoms with Gasteiger partial charge in [0.1, 0.15) is 0 Å². The molecule has 0 saturated carbocycles. The van der Waals surface area contributed by atoms with Gasteiger partial charge in [0.25, 0.3) is 10.0 Å². The van der Waals surface area contributed by atoms with Gasteiger partial charge in [-0.15, -0.1) is 0 Å². The van der Waals surface area contributed by atoms with Gasteiger partial charge >= 0.3 is 5.76 Å². The Bertz CT molecular complexity index is 1050. The van der Waals surface area contributed by atoms with Gasteiger partial charge in [0.15, 0.2) is 5.58 Å². The zero-order chi connectivity index (χ0) is 16.0. The second-order valence-corrected chi connectivity index (χ2v) is 7.34. The Morgan fingerprint density at radius 1 is 1.13 bits per heavy atom. The molecule has 0 unspecified atom stereocenters. The van der Waals surface area contributed by atoms with Gasteiger partial charge < -0.3 is 4.42 Å². The fourth-order valence-electron chi connectivity index (χ4n) is 2.96. The van der Waals surface area contributed by atoms with Crippen molar-refractivity contribution >= 4 is 26.8 Å². The number of para-hydroxylation sites is 1. The van der Waals surface area contributed by atoms with Crippen molar-refractivity contribution in [3.05, 3.63) is 58.6 Å². The van der Waals surface area contributed by atoms with Gasteiger partial charge in [-0.25, -0.2) is 13.2 Å². The van der Waals surface area contributed by atoms with E-state index in [-0.39, 0.29) is 10.5 Å². The van der Waals surface area contributed by atoms with Crippen LogP contribution in [0.5, 0.6) is 0 Å². The summed E-state index contributed by atoms with van der Waals surface area (Å²) in [6.45, 7) is 0.439. The summed E-state index contributed by atoms with van der Waals surface area (Å²) in [6.07, 6.45) is 1.64. The lowest BCUT2D eigenvalue weighted by atomic mass is 10.0. The number of aromatic nitrogens is 1. The Morgan fingerprint density at radius 2 is 1.96 bits per heavy atom. The summed E-state index contributed by atoms with van der Waals surface area (Å²) >= 11 is 0. The van der Waals surface area contributed by atoms with Gasteiger partial charge in [0.05, 0.1) is 16.1 Å². The monoisotopic (exact) mass is 330 g/mol. The predicted octanol–water partition coefficient (Wildman–Crippen LogP) is 2.26. The molecule has 23 heavy (non-hydrogen) atoms. The molecule has 1 aromatic heterocycles. The first-order chi connectivity index (χ1) is 11.1. The number of rotatable bonds is 2. The normalized spacial score (nSPS) is 14.9. The standard InChI is InChI=1S/C16H14N2O4S/c19-16-17-13-8-7-12(10-15(13)22-16)23(20,21)18-9-3-5-11-4-1-2-6-14(11)18/h1-2,4,6-8,10H,3,5,9H2,(H,17,19). The molecular formula is C16H14N2O4S. The number of H-pyrrole nitrogens is 1. The van der Waals surface area contributed by atoms with Crippen LogP contribution >= 0.6 is 0 Å². The SMILES string of the molecule is O=c1[nH]c2ccc(S(=O)(=O)N3CCCc4ccccc43)cc2o1. The number of aryl methyl sites for hydroxylation is 1. The number of aromatic amines is 1. The van der Waals surface area contributed by atoms with Gasteiger partial charge in [-0.2, -0.15) is 0 Å². The van der Waals surface area contributed by atoms with E-state index in [1.54, 1.807) is 6.07 Å². The van der Waals surface area contributed by atoms with E-state index in [0.29, 0.717) is 12.1 Å². The van der Waals surface area contributed by atoms with E-state index in [9.17, 15) is 13.2 Å². The van der Waals surface area contributed by atoms with Crippen molar-refractivity contribution in [2.75, 3.05) is 10.8 Å². The van der Waals surface area contributed by atoms with Crippen LogP contribution in [-0.2, 0) is 16.4 Å². The van der Waals surface area contributed by atoms with Crippen LogP contribution in [0.1, 0.15) is 12.0 Å². The van der Waals surface area contributed by atoms with Crippen molar-refractivity contribution < 1.29 is 12.8 Å². The molecule has 3 aromatic rings. The molecule has 1 aliphatic heterocycles. The Kier molecular flexibility index (Phi) is 3.05. The maximum absolute atomic E-state index is 13.0. The maximum atomic E-state index is 13.0. The van der Waals surface area contributed by atoms with E-state index in [2.05, 4.69) is 4.98 Å². The van der Waals surface area contributed by atoms with Crippen LogP contribution in [0.15, 0.2) is 56.6 Å². The van der Waals surface area contributed by atoms with Gasteiger partial charge in [-0.05, 0) is 36.6 Å². The van der Waals surface area contributed by atoms with Gasteiger partial charge in [-0.1, -0.05) is 18.2 Å². The van der Waals surface area contributed by atoms with Crippen molar-refractivity contribution in [3.8, 4) is 0 Å². The lowest BCUT2D eigenvalue weighted by Gasteiger charge is -2.30. The average molecular weight is 330 g/mol. The Labute approximate surface area is 132 Å². The number of hydrogen-bond acceptors (Lipinski definition) is 4. The second-order valence-electron chi connectivity index (χ2n) is 5.48. The number of benzene rings is 2. The predicted molar refractivity (Wildman–Crippen MR) is 86.1 cm³/mol. The summed E-state index contributed by atoms with van der Waals surface area (Å²) in [5.74, 6) is -0.599. The third kappa shape index (κ3) is 2.24. The van der Waals surface area contributed by atoms with Crippen molar-refractivity contribution in [1.29, 1.82) is 0 Å². The molecule has 0 aliphatic carbocycles. The molecule has 0 spiro atoms. The smallest absolute Gasteiger partial charge is 0.408 e. The fraction of sp³-hybridized carbons (Fsp3) is 0.188. The molecule has 0 radical (unpaired) electrons. The van der Waals surface area contributed by atoms with Crippen LogP contribution in [0.2, 0.25) is 0 Å². The summed E-state index contributed by atoms with van der Waals surface area (Å²) in [5, 5.41) is 0. The van der Waals surface area contributed by atoms with Crippen LogP contribution in [0, 0.1) is 0 Å². The summed E-state index contributed by atoms with van der Waals surface area (Å²) in [4.78, 5) is 13.8. The second kappa shape index (κ2) is 4.99. The highest BCUT2D eigenvalue weighted by molar-refractivity contribution is 7.92. The number of nitrogens with zero attached hydrogens (tertiary/aromatic N) is 1. The molecule has 2 heterocycles. The number of hydrogen-bond donors (Lipinski definition) is 1. The van der Waals surface area contributed by atoms with Gasteiger partial charge in [0, 0.05) is 12.6 Å². The number of fused-ring (bicyclic) bond motifs is 2. The number of sulfonamides is 1. The number of oxazole rings is 1. The Morgan fingerprint density at radius 3 is 2.83 bits per heavy atom. The van der Waals surface area contributed by atoms with Crippen molar-refractivity contribution in [3.63, 3.8) is 0 Å². The molecule has 4 rings (SSSR count). The van der Waals surface area contributed by atoms with Gasteiger partial charge in [0.2, 0.25) is 0 Å². The highest BCUT2D eigenvalue weighted by Gasteiger charge is 2.29. The van der Waals surface area contributed by atoms with Crippen LogP contribution in [0.3, 0.4) is 0 Å². The minimum Gasteiger partial charge on any atom is -0.408 e. The number of nitrogens with one attached hydrogen (secondary N) is 1. The van der Waals surface area contributed by atoms with E-state index < -0.39 is 15.8 Å². The lowest BCUT2D eigenvalue weighted by Crippen LogP contribution is -2.35. The minimum absolute atomic E-state index is 0.115. The molecule has 118 valence electrons. The molecule has 6 nitrogen and oxygen atoms in total. The van der Waals surface area contributed by atoms with E-state index >= 15 is 0 Å². The lowest BCUT2D eigenvalue weighted by molar-refractivity contribution is 0.553. The van der Waals surface area contributed by atoms with Crippen molar-refractivity contribution in [2.45, 2.75) is 17.7 Å². The zero-order valence-electron chi connectivity index (χ0n) is 12.2. The first-order valence-corrected chi connectivity index (χ1v) is 8.73. The Hall–Kier alpha value is -2.54. The zero-order valence-corrected chi connectivity index (χ0v) is 13.0. The van der Waals surface area contributed by atoms with Crippen molar-refractivity contribution in [2.24, 2.45) is 0 Å². The highest BCUT2D eigenvalue weighted by atomic mass is 32.2. The summed E-state index contributed by atoms with van der Waals surface area (Å²) in [7, 11) is -3.70. The molecule has 1 aliphatic rings. The molecule has 0 saturated heterocycles. The van der Waals surface area contributed by atoms with E-state index in [0.717, 1.165) is 24.1 Å². The minimum atomic E-state index is -3.70. The largest absolute Gasteiger partial charge is 0.417 e. The van der Waals surface area contributed by atoms with Crippen LogP contribution in [0.4, 0.5) is 5.69 Å². The van der Waals surface area contributed by atoms with E-state index in [1.165, 1.54) is 16.4 Å². The van der Waals surface area contributed by atoms with Crippen molar-refractivity contribution in [1.82, 2.24) is 4.98 Å². The molecule has 0 fully saturated rings. The average Bonchev–Trinajstić information content (AvgIpc) is 2.93. The first kappa shape index (κ1) is 14.1. The number of anilines is 1. The summed E-state index contributed by atoms with van der Waals surface area (Å²) < 4.78 is 32.4. The molecule has 2 aromatic carbocycles. The third-order valence-electron chi connectivity index (χ3n) is 4.05. The highest BCUT2D eigenvalue weighted by Crippen LogP contribution is 2.32. The third-order valence-corrected chi connectivity index (χ3v) is 5.86. The summed E-state index contributed by atoms with van der Waals surface area (Å²) in [6, 6.07) is 11.9.